The molecule has 0 aliphatic carbocycles. The van der Waals surface area contributed by atoms with E-state index in [0.717, 1.165) is 15.9 Å². The third-order valence-corrected chi connectivity index (χ3v) is 5.14. The molecule has 0 atom stereocenters. The van der Waals surface area contributed by atoms with E-state index in [0.29, 0.717) is 12.4 Å². The Morgan fingerprint density at radius 2 is 2.17 bits per heavy atom. The summed E-state index contributed by atoms with van der Waals surface area (Å²) in [6.07, 6.45) is 1.45. The van der Waals surface area contributed by atoms with E-state index in [4.69, 9.17) is 0 Å². The average Bonchev–Trinajstić information content (AvgIpc) is 2.72. The van der Waals surface area contributed by atoms with Gasteiger partial charge in [-0.3, -0.25) is 0 Å². The van der Waals surface area contributed by atoms with Crippen molar-refractivity contribution in [3.8, 4) is 0 Å². The first-order valence-corrected chi connectivity index (χ1v) is 8.14. The molecule has 0 radical (unpaired) electrons. The zero-order chi connectivity index (χ0) is 13.2. The van der Waals surface area contributed by atoms with Crippen molar-refractivity contribution >= 4 is 37.4 Å². The molecule has 0 unspecified atom stereocenters. The van der Waals surface area contributed by atoms with Gasteiger partial charge in [-0.2, -0.15) is 4.37 Å². The van der Waals surface area contributed by atoms with Gasteiger partial charge in [0.25, 0.3) is 0 Å². The molecule has 0 aromatic carbocycles. The van der Waals surface area contributed by atoms with E-state index in [2.05, 4.69) is 19.7 Å². The fraction of sp³-hybridized carbons (Fsp3) is 0.500. The summed E-state index contributed by atoms with van der Waals surface area (Å²) in [5.74, 6) is 0.913. The first-order chi connectivity index (χ1) is 8.53. The van der Waals surface area contributed by atoms with Crippen molar-refractivity contribution in [2.45, 2.75) is 13.8 Å². The lowest BCUT2D eigenvalue weighted by atomic mass is 10.3. The molecule has 0 spiro atoms. The highest BCUT2D eigenvalue weighted by Gasteiger charge is 2.11. The van der Waals surface area contributed by atoms with Gasteiger partial charge in [0.05, 0.1) is 16.8 Å². The zero-order valence-electron chi connectivity index (χ0n) is 10.2. The topological polar surface area (TPSA) is 84.8 Å². The molecule has 18 heavy (non-hydrogen) atoms. The number of anilines is 1. The third-order valence-electron chi connectivity index (χ3n) is 2.59. The summed E-state index contributed by atoms with van der Waals surface area (Å²) < 4.78 is 27.0. The van der Waals surface area contributed by atoms with Gasteiger partial charge in [-0.05, 0) is 18.5 Å². The number of aromatic nitrogens is 3. The zero-order valence-corrected chi connectivity index (χ0v) is 11.8. The fourth-order valence-corrected chi connectivity index (χ4v) is 2.97. The molecule has 0 bridgehead atoms. The number of aryl methyl sites for hydroxylation is 1. The first kappa shape index (κ1) is 13.2. The van der Waals surface area contributed by atoms with Crippen LogP contribution >= 0.6 is 11.5 Å². The second-order valence-corrected chi connectivity index (χ2v) is 7.06. The van der Waals surface area contributed by atoms with E-state index >= 15 is 0 Å². The summed E-state index contributed by atoms with van der Waals surface area (Å²) in [6.45, 7) is 3.87. The molecular formula is C10H14N4O2S2. The van der Waals surface area contributed by atoms with Crippen LogP contribution in [0.2, 0.25) is 0 Å². The number of hydrogen-bond acceptors (Lipinski definition) is 7. The van der Waals surface area contributed by atoms with Gasteiger partial charge in [0.15, 0.2) is 9.84 Å². The smallest absolute Gasteiger partial charge is 0.151 e. The summed E-state index contributed by atoms with van der Waals surface area (Å²) in [5.41, 5.74) is 0.858. The standard InChI is InChI=1S/C10H14N4O2S2/c1-3-18(15,16)5-4-11-9-8-7(2)14-17-10(8)13-6-12-9/h6H,3-5H2,1-2H3,(H,11,12,13). The molecule has 8 heteroatoms. The molecule has 0 aliphatic rings. The van der Waals surface area contributed by atoms with Crippen LogP contribution in [-0.4, -0.2) is 40.8 Å². The third kappa shape index (κ3) is 2.75. The first-order valence-electron chi connectivity index (χ1n) is 5.55. The Hall–Kier alpha value is -1.28. The largest absolute Gasteiger partial charge is 0.368 e. The molecule has 98 valence electrons. The molecule has 2 aromatic rings. The Balaban J connectivity index is 2.15. The quantitative estimate of drug-likeness (QED) is 0.890. The molecule has 0 aliphatic heterocycles. The lowest BCUT2D eigenvalue weighted by Gasteiger charge is -2.06. The lowest BCUT2D eigenvalue weighted by Crippen LogP contribution is -2.17. The van der Waals surface area contributed by atoms with E-state index in [-0.39, 0.29) is 11.5 Å². The SMILES string of the molecule is CCS(=O)(=O)CCNc1ncnc2snc(C)c12. The van der Waals surface area contributed by atoms with Crippen molar-refractivity contribution in [3.63, 3.8) is 0 Å². The van der Waals surface area contributed by atoms with Crippen molar-refractivity contribution in [2.75, 3.05) is 23.4 Å². The molecule has 2 aromatic heterocycles. The summed E-state index contributed by atoms with van der Waals surface area (Å²) >= 11 is 1.31. The predicted molar refractivity (Wildman–Crippen MR) is 72.8 cm³/mol. The van der Waals surface area contributed by atoms with Crippen molar-refractivity contribution in [2.24, 2.45) is 0 Å². The van der Waals surface area contributed by atoms with Crippen LogP contribution in [0, 0.1) is 6.92 Å². The van der Waals surface area contributed by atoms with Crippen LogP contribution in [0.4, 0.5) is 5.82 Å². The Labute approximate surface area is 110 Å². The van der Waals surface area contributed by atoms with Gasteiger partial charge in [-0.15, -0.1) is 0 Å². The number of rotatable bonds is 5. The monoisotopic (exact) mass is 286 g/mol. The van der Waals surface area contributed by atoms with Gasteiger partial charge in [0.1, 0.15) is 17.0 Å². The number of nitrogens with one attached hydrogen (secondary N) is 1. The summed E-state index contributed by atoms with van der Waals surface area (Å²) in [5, 5.41) is 3.91. The number of hydrogen-bond donors (Lipinski definition) is 1. The van der Waals surface area contributed by atoms with Gasteiger partial charge in [-0.1, -0.05) is 6.92 Å². The molecule has 0 amide bonds. The minimum absolute atomic E-state index is 0.103. The van der Waals surface area contributed by atoms with Gasteiger partial charge in [-0.25, -0.2) is 18.4 Å². The van der Waals surface area contributed by atoms with Crippen molar-refractivity contribution in [1.29, 1.82) is 0 Å². The van der Waals surface area contributed by atoms with E-state index in [9.17, 15) is 8.42 Å². The lowest BCUT2D eigenvalue weighted by molar-refractivity contribution is 0.597. The Bertz CT molecular complexity index is 651. The Morgan fingerprint density at radius 1 is 1.39 bits per heavy atom. The summed E-state index contributed by atoms with van der Waals surface area (Å²) in [4.78, 5) is 9.07. The maximum Gasteiger partial charge on any atom is 0.151 e. The fourth-order valence-electron chi connectivity index (χ4n) is 1.53. The highest BCUT2D eigenvalue weighted by atomic mass is 32.2. The van der Waals surface area contributed by atoms with Crippen LogP contribution in [0.5, 0.6) is 0 Å². The number of fused-ring (bicyclic) bond motifs is 1. The highest BCUT2D eigenvalue weighted by Crippen LogP contribution is 2.25. The van der Waals surface area contributed by atoms with E-state index in [1.807, 2.05) is 6.92 Å². The molecule has 1 N–H and O–H groups in total. The Morgan fingerprint density at radius 3 is 2.89 bits per heavy atom. The molecule has 0 fully saturated rings. The van der Waals surface area contributed by atoms with Crippen LogP contribution in [-0.2, 0) is 9.84 Å². The molecule has 2 heterocycles. The van der Waals surface area contributed by atoms with Gasteiger partial charge < -0.3 is 5.32 Å². The molecule has 2 rings (SSSR count). The van der Waals surface area contributed by atoms with Crippen LogP contribution in [0.1, 0.15) is 12.6 Å². The van der Waals surface area contributed by atoms with Crippen LogP contribution < -0.4 is 5.32 Å². The second kappa shape index (κ2) is 5.15. The average molecular weight is 286 g/mol. The van der Waals surface area contributed by atoms with E-state index in [1.54, 1.807) is 6.92 Å². The van der Waals surface area contributed by atoms with Crippen molar-refractivity contribution in [1.82, 2.24) is 14.3 Å². The normalized spacial score (nSPS) is 11.9. The maximum atomic E-state index is 11.4. The maximum absolute atomic E-state index is 11.4. The van der Waals surface area contributed by atoms with Crippen molar-refractivity contribution < 1.29 is 8.42 Å². The van der Waals surface area contributed by atoms with Crippen LogP contribution in [0.3, 0.4) is 0 Å². The summed E-state index contributed by atoms with van der Waals surface area (Å²) in [6, 6.07) is 0. The highest BCUT2D eigenvalue weighted by molar-refractivity contribution is 7.91. The summed E-state index contributed by atoms with van der Waals surface area (Å²) in [7, 11) is -2.96. The van der Waals surface area contributed by atoms with Gasteiger partial charge >= 0.3 is 0 Å². The molecular weight excluding hydrogens is 272 g/mol. The van der Waals surface area contributed by atoms with Gasteiger partial charge in [0.2, 0.25) is 0 Å². The minimum Gasteiger partial charge on any atom is -0.368 e. The second-order valence-electron chi connectivity index (χ2n) is 3.83. The minimum atomic E-state index is -2.96. The molecule has 6 nitrogen and oxygen atoms in total. The number of nitrogens with zero attached hydrogens (tertiary/aromatic N) is 3. The van der Waals surface area contributed by atoms with E-state index < -0.39 is 9.84 Å². The van der Waals surface area contributed by atoms with Crippen LogP contribution in [0.25, 0.3) is 10.2 Å². The Kier molecular flexibility index (Phi) is 3.76. The number of sulfone groups is 1. The van der Waals surface area contributed by atoms with Crippen molar-refractivity contribution in [3.05, 3.63) is 12.0 Å². The van der Waals surface area contributed by atoms with Crippen LogP contribution in [0.15, 0.2) is 6.33 Å². The molecule has 0 saturated heterocycles. The van der Waals surface area contributed by atoms with E-state index in [1.165, 1.54) is 17.9 Å². The molecule has 0 saturated carbocycles. The predicted octanol–water partition coefficient (Wildman–Crippen LogP) is 1.24. The van der Waals surface area contributed by atoms with Gasteiger partial charge in [0, 0.05) is 12.3 Å².